The van der Waals surface area contributed by atoms with E-state index < -0.39 is 22.8 Å². The lowest BCUT2D eigenvalue weighted by Crippen LogP contribution is -2.23. The topological polar surface area (TPSA) is 145 Å². The number of hydrogen-bond acceptors (Lipinski definition) is 14. The van der Waals surface area contributed by atoms with Gasteiger partial charge in [-0.1, -0.05) is 65.1 Å². The maximum atomic E-state index is 12.3. The molecule has 76 heavy (non-hydrogen) atoms. The molecule has 0 bridgehead atoms. The first-order valence-electron chi connectivity index (χ1n) is 26.2. The van der Waals surface area contributed by atoms with Gasteiger partial charge in [0.15, 0.2) is 46.0 Å². The number of benzene rings is 4. The van der Waals surface area contributed by atoms with Gasteiger partial charge < -0.3 is 56.8 Å². The van der Waals surface area contributed by atoms with Gasteiger partial charge in [-0.25, -0.2) is 9.59 Å². The average Bonchev–Trinajstić information content (AvgIpc) is 3.37. The van der Waals surface area contributed by atoms with Gasteiger partial charge in [0.05, 0.1) is 65.4 Å². The van der Waals surface area contributed by atoms with Crippen LogP contribution >= 0.6 is 0 Å². The third kappa shape index (κ3) is 15.0. The molecule has 0 radical (unpaired) electrons. The summed E-state index contributed by atoms with van der Waals surface area (Å²) in [5, 5.41) is 0. The molecule has 0 unspecified atom stereocenters. The Morgan fingerprint density at radius 2 is 0.684 bits per heavy atom. The van der Waals surface area contributed by atoms with E-state index >= 15 is 0 Å². The molecule has 0 aliphatic rings. The van der Waals surface area contributed by atoms with Gasteiger partial charge in [-0.15, -0.1) is 0 Å². The van der Waals surface area contributed by atoms with E-state index in [1.165, 1.54) is 0 Å². The van der Waals surface area contributed by atoms with Crippen molar-refractivity contribution in [3.8, 4) is 69.0 Å². The van der Waals surface area contributed by atoms with Crippen LogP contribution in [0.5, 0.6) is 69.0 Å². The van der Waals surface area contributed by atoms with E-state index in [0.717, 1.165) is 33.4 Å². The van der Waals surface area contributed by atoms with Crippen molar-refractivity contribution in [3.63, 3.8) is 0 Å². The smallest absolute Gasteiger partial charge is 0.338 e. The first-order chi connectivity index (χ1) is 36.2. The summed E-state index contributed by atoms with van der Waals surface area (Å²) in [5.41, 5.74) is 4.27. The summed E-state index contributed by atoms with van der Waals surface area (Å²) >= 11 is 0. The van der Waals surface area contributed by atoms with Crippen molar-refractivity contribution >= 4 is 11.9 Å². The van der Waals surface area contributed by atoms with Crippen molar-refractivity contribution in [1.29, 1.82) is 0 Å². The minimum Gasteiger partial charge on any atom is -0.490 e. The molecule has 0 heterocycles. The highest BCUT2D eigenvalue weighted by atomic mass is 16.6. The quantitative estimate of drug-likeness (QED) is 0.0230. The third-order valence-electron chi connectivity index (χ3n) is 11.8. The third-order valence-corrected chi connectivity index (χ3v) is 11.8. The summed E-state index contributed by atoms with van der Waals surface area (Å²) in [4.78, 5) is 24.6. The van der Waals surface area contributed by atoms with Crippen LogP contribution in [-0.4, -0.2) is 64.8 Å². The summed E-state index contributed by atoms with van der Waals surface area (Å²) in [6.45, 7) is 45.1. The van der Waals surface area contributed by atoms with E-state index in [4.69, 9.17) is 56.8 Å². The molecule has 4 rings (SSSR count). The molecule has 0 atom stereocenters. The molecule has 0 spiro atoms. The highest BCUT2D eigenvalue weighted by molar-refractivity contribution is 5.90. The number of ether oxygens (including phenoxy) is 12. The molecule has 0 amide bonds. The molecule has 14 nitrogen and oxygen atoms in total. The van der Waals surface area contributed by atoms with Crippen LogP contribution in [0.1, 0.15) is 144 Å². The Morgan fingerprint density at radius 1 is 0.421 bits per heavy atom. The van der Waals surface area contributed by atoms with Gasteiger partial charge >= 0.3 is 11.9 Å². The number of hydrogen-bond donors (Lipinski definition) is 0. The molecule has 4 aromatic carbocycles. The second kappa shape index (κ2) is 29.8. The van der Waals surface area contributed by atoms with Crippen LogP contribution in [0.4, 0.5) is 0 Å². The van der Waals surface area contributed by atoms with Gasteiger partial charge in [0.1, 0.15) is 11.5 Å². The Bertz CT molecular complexity index is 2510. The monoisotopic (exact) mass is 1050 g/mol. The van der Waals surface area contributed by atoms with Crippen LogP contribution in [0, 0.1) is 13.8 Å². The fourth-order valence-electron chi connectivity index (χ4n) is 8.12. The Kier molecular flexibility index (Phi) is 24.7. The van der Waals surface area contributed by atoms with E-state index in [-0.39, 0.29) is 22.6 Å². The average molecular weight is 1050 g/mol. The van der Waals surface area contributed by atoms with Crippen molar-refractivity contribution < 1.29 is 66.4 Å². The minimum atomic E-state index is -0.736. The molecule has 0 aliphatic heterocycles. The fourth-order valence-corrected chi connectivity index (χ4v) is 8.12. The molecular weight excluding hydrogens is 969 g/mol. The molecule has 0 aliphatic carbocycles. The minimum absolute atomic E-state index is 0.231. The predicted octanol–water partition coefficient (Wildman–Crippen LogP) is 14.6. The molecule has 0 saturated heterocycles. The van der Waals surface area contributed by atoms with E-state index in [9.17, 15) is 9.59 Å². The van der Waals surface area contributed by atoms with Gasteiger partial charge in [0.25, 0.3) is 0 Å². The first-order valence-corrected chi connectivity index (χ1v) is 26.2. The Morgan fingerprint density at radius 3 is 0.961 bits per heavy atom. The Labute approximate surface area is 452 Å². The van der Waals surface area contributed by atoms with E-state index in [0.29, 0.717) is 110 Å². The van der Waals surface area contributed by atoms with Gasteiger partial charge in [0, 0.05) is 55.4 Å². The van der Waals surface area contributed by atoms with Crippen LogP contribution in [0.15, 0.2) is 85.4 Å². The molecular formula is C62H84O14. The van der Waals surface area contributed by atoms with Gasteiger partial charge in [-0.3, -0.25) is 0 Å². The standard InChI is InChI=1S/C31H40O8.C31H44O6/c1-11-34-25-21(15-17-23(27(25)36-13-3)38-29(32)19(5)6)31(9,10)22-16-18-24(39-30(33)20(7)8)28(37-14-4)26(22)35-12-2;1-11-17-36-25-19-23(29(34-15-5)27(21(25)7)32-13-3)31(9,10)24-20-26(37-18-12-2)22(8)28(33-14-4)30(24)35-16-6/h15-18H,5,7,11-14H2,1-4,6,8-10H3;11-12,17-20H,13-16H2,1-10H3. The summed E-state index contributed by atoms with van der Waals surface area (Å²) in [5.74, 6) is 4.98. The largest absolute Gasteiger partial charge is 0.490 e. The van der Waals surface area contributed by atoms with Crippen molar-refractivity contribution in [1.82, 2.24) is 0 Å². The first kappa shape index (κ1) is 63.1. The van der Waals surface area contributed by atoms with E-state index in [1.54, 1.807) is 38.5 Å². The Balaban J connectivity index is 0.000000401. The molecule has 0 saturated carbocycles. The summed E-state index contributed by atoms with van der Waals surface area (Å²) in [6.07, 6.45) is 7.05. The Hall–Kier alpha value is -7.22. The van der Waals surface area contributed by atoms with Crippen molar-refractivity contribution in [2.75, 3.05) is 52.9 Å². The zero-order valence-corrected chi connectivity index (χ0v) is 48.6. The van der Waals surface area contributed by atoms with Crippen molar-refractivity contribution in [2.24, 2.45) is 0 Å². The summed E-state index contributed by atoms with van der Waals surface area (Å²) < 4.78 is 72.0. The van der Waals surface area contributed by atoms with Gasteiger partial charge in [0.2, 0.25) is 11.5 Å². The zero-order valence-electron chi connectivity index (χ0n) is 48.6. The maximum Gasteiger partial charge on any atom is 0.338 e. The number of carbonyl (C=O) groups excluding carboxylic acids is 2. The fraction of sp³-hybridized carbons (Fsp3) is 0.452. The highest BCUT2D eigenvalue weighted by Crippen LogP contribution is 2.54. The molecule has 416 valence electrons. The lowest BCUT2D eigenvalue weighted by atomic mass is 9.76. The summed E-state index contributed by atoms with van der Waals surface area (Å²) in [7, 11) is 0. The lowest BCUT2D eigenvalue weighted by Gasteiger charge is -2.33. The number of carbonyl (C=O) groups is 2. The van der Waals surface area contributed by atoms with Crippen molar-refractivity contribution in [2.45, 2.75) is 135 Å². The number of rotatable bonds is 28. The number of allylic oxidation sites excluding steroid dienone is 2. The van der Waals surface area contributed by atoms with Crippen LogP contribution in [0.3, 0.4) is 0 Å². The lowest BCUT2D eigenvalue weighted by molar-refractivity contribution is -0.131. The van der Waals surface area contributed by atoms with E-state index in [1.807, 2.05) is 133 Å². The van der Waals surface area contributed by atoms with Gasteiger partial charge in [-0.05, 0) is 121 Å². The zero-order chi connectivity index (χ0) is 56.9. The second-order valence-corrected chi connectivity index (χ2v) is 18.2. The highest BCUT2D eigenvalue weighted by Gasteiger charge is 2.38. The second-order valence-electron chi connectivity index (χ2n) is 18.2. The maximum absolute atomic E-state index is 12.3. The number of esters is 2. The molecule has 0 N–H and O–H groups in total. The predicted molar refractivity (Wildman–Crippen MR) is 301 cm³/mol. The molecule has 4 aromatic rings. The van der Waals surface area contributed by atoms with Crippen LogP contribution in [0.25, 0.3) is 0 Å². The molecule has 0 fully saturated rings. The summed E-state index contributed by atoms with van der Waals surface area (Å²) in [6, 6.07) is 11.1. The normalized spacial score (nSPS) is 11.3. The van der Waals surface area contributed by atoms with Crippen LogP contribution in [0.2, 0.25) is 0 Å². The SMILES string of the molecule is C=C(C)C(=O)Oc1ccc(C(C)(C)c2ccc(OC(=O)C(=C)C)c(OCC)c2OCC)c(OCC)c1OCC.CC=COc1cc(C(C)(C)c2cc(OC=CC)c(C)c(OCC)c2OCC)c(OCC)c(OCC)c1C. The van der Waals surface area contributed by atoms with E-state index in [2.05, 4.69) is 27.0 Å². The van der Waals surface area contributed by atoms with Gasteiger partial charge in [-0.2, -0.15) is 0 Å². The van der Waals surface area contributed by atoms with Crippen LogP contribution in [-0.2, 0) is 20.4 Å². The van der Waals surface area contributed by atoms with Crippen LogP contribution < -0.4 is 56.8 Å². The molecule has 0 aromatic heterocycles. The molecule has 14 heteroatoms. The van der Waals surface area contributed by atoms with Crippen molar-refractivity contribution in [3.05, 3.63) is 119 Å².